The van der Waals surface area contributed by atoms with Crippen molar-refractivity contribution in [3.05, 3.63) is 83.9 Å². The molecule has 0 aliphatic heterocycles. The zero-order valence-corrected chi connectivity index (χ0v) is 14.6. The van der Waals surface area contributed by atoms with Crippen LogP contribution in [0.15, 0.2) is 72.8 Å². The molecule has 3 aromatic rings. The molecule has 0 saturated heterocycles. The summed E-state index contributed by atoms with van der Waals surface area (Å²) >= 11 is 0. The molecule has 0 radical (unpaired) electrons. The Bertz CT molecular complexity index is 860. The number of carbonyl (C=O) groups is 1. The molecule has 4 nitrogen and oxygen atoms in total. The van der Waals surface area contributed by atoms with Gasteiger partial charge in [-0.3, -0.25) is 0 Å². The van der Waals surface area contributed by atoms with Crippen molar-refractivity contribution in [3.8, 4) is 22.3 Å². The van der Waals surface area contributed by atoms with Crippen molar-refractivity contribution in [2.24, 2.45) is 0 Å². The first kappa shape index (κ1) is 24.0. The van der Waals surface area contributed by atoms with Crippen LogP contribution < -0.4 is 42.8 Å². The SMILES string of the molecule is O=[C-]c1ccc(-c2ccc(-c3cccc(C(=O)[O-])c3)cc2)cc1.[Li+].[Li+].[OH-]. The van der Waals surface area contributed by atoms with Crippen molar-refractivity contribution in [3.63, 3.8) is 0 Å². The molecule has 0 bridgehead atoms. The molecule has 0 aromatic heterocycles. The van der Waals surface area contributed by atoms with Crippen LogP contribution in [-0.4, -0.2) is 17.7 Å². The molecule has 0 unspecified atom stereocenters. The third kappa shape index (κ3) is 5.48. The summed E-state index contributed by atoms with van der Waals surface area (Å²) in [5.74, 6) is -1.18. The number of rotatable bonds is 4. The fraction of sp³-hybridized carbons (Fsp3) is 0. The molecule has 0 saturated carbocycles. The summed E-state index contributed by atoms with van der Waals surface area (Å²) in [7, 11) is 0. The zero-order valence-electron chi connectivity index (χ0n) is 14.6. The first-order chi connectivity index (χ1) is 11.2. The van der Waals surface area contributed by atoms with E-state index in [2.05, 4.69) is 0 Å². The van der Waals surface area contributed by atoms with Gasteiger partial charge in [0.05, 0.1) is 12.3 Å². The Balaban J connectivity index is 0.00000208. The third-order valence-electron chi connectivity index (χ3n) is 3.65. The second-order valence-corrected chi connectivity index (χ2v) is 5.13. The number of hydrogen-bond donors (Lipinski definition) is 0. The van der Waals surface area contributed by atoms with E-state index in [1.165, 1.54) is 6.07 Å². The molecule has 120 valence electrons. The molecule has 3 rings (SSSR count). The summed E-state index contributed by atoms with van der Waals surface area (Å²) in [6, 6.07) is 21.6. The molecule has 0 aliphatic carbocycles. The average Bonchev–Trinajstić information content (AvgIpc) is 2.62. The minimum Gasteiger partial charge on any atom is -0.870 e. The van der Waals surface area contributed by atoms with E-state index in [-0.39, 0.29) is 48.8 Å². The van der Waals surface area contributed by atoms with E-state index in [9.17, 15) is 14.7 Å². The molecule has 0 heterocycles. The maximum absolute atomic E-state index is 10.9. The van der Waals surface area contributed by atoms with Crippen molar-refractivity contribution in [2.75, 3.05) is 0 Å². The summed E-state index contributed by atoms with van der Waals surface area (Å²) in [6.45, 7) is 0. The van der Waals surface area contributed by atoms with Crippen LogP contribution in [0.25, 0.3) is 22.3 Å². The number of carbonyl (C=O) groups excluding carboxylic acids is 2. The second-order valence-electron chi connectivity index (χ2n) is 5.13. The molecule has 26 heavy (non-hydrogen) atoms. The Morgan fingerprint density at radius 2 is 1.19 bits per heavy atom. The predicted molar refractivity (Wildman–Crippen MR) is 88.4 cm³/mol. The summed E-state index contributed by atoms with van der Waals surface area (Å²) < 4.78 is 0. The Morgan fingerprint density at radius 3 is 1.65 bits per heavy atom. The normalized spacial score (nSPS) is 9.08. The average molecular weight is 331 g/mol. The van der Waals surface area contributed by atoms with Gasteiger partial charge in [-0.05, 0) is 33.9 Å². The van der Waals surface area contributed by atoms with E-state index in [0.717, 1.165) is 22.3 Å². The summed E-state index contributed by atoms with van der Waals surface area (Å²) in [5.41, 5.74) is 4.44. The fourth-order valence-electron chi connectivity index (χ4n) is 2.41. The van der Waals surface area contributed by atoms with E-state index >= 15 is 0 Å². The van der Waals surface area contributed by atoms with Crippen LogP contribution in [0.4, 0.5) is 0 Å². The van der Waals surface area contributed by atoms with Gasteiger partial charge in [0.2, 0.25) is 0 Å². The van der Waals surface area contributed by atoms with E-state index in [1.54, 1.807) is 24.3 Å². The van der Waals surface area contributed by atoms with E-state index < -0.39 is 5.97 Å². The van der Waals surface area contributed by atoms with Crippen LogP contribution in [0.2, 0.25) is 0 Å². The van der Waals surface area contributed by atoms with Crippen LogP contribution in [-0.2, 0) is 4.79 Å². The zero-order chi connectivity index (χ0) is 16.2. The monoisotopic (exact) mass is 331 g/mol. The van der Waals surface area contributed by atoms with Gasteiger partial charge in [0.15, 0.2) is 0 Å². The number of carboxylic acids is 1. The van der Waals surface area contributed by atoms with Gasteiger partial charge in [-0.15, -0.1) is 12.1 Å². The molecule has 1 N–H and O–H groups in total. The van der Waals surface area contributed by atoms with Crippen molar-refractivity contribution in [1.82, 2.24) is 0 Å². The molecule has 3 aromatic carbocycles. The molecule has 0 spiro atoms. The third-order valence-corrected chi connectivity index (χ3v) is 3.65. The van der Waals surface area contributed by atoms with Crippen molar-refractivity contribution >= 4 is 12.3 Å². The number of hydrogen-bond acceptors (Lipinski definition) is 4. The van der Waals surface area contributed by atoms with Gasteiger partial charge < -0.3 is 20.2 Å². The molecular weight excluding hydrogens is 318 g/mol. The Morgan fingerprint density at radius 1 is 0.731 bits per heavy atom. The van der Waals surface area contributed by atoms with Gasteiger partial charge in [-0.2, -0.15) is 17.7 Å². The number of carboxylic acid groups (broad SMARTS) is 1. The molecule has 0 aliphatic rings. The van der Waals surface area contributed by atoms with E-state index in [4.69, 9.17) is 0 Å². The molecule has 0 atom stereocenters. The van der Waals surface area contributed by atoms with Crippen LogP contribution in [0.5, 0.6) is 0 Å². The van der Waals surface area contributed by atoms with Crippen LogP contribution in [0.3, 0.4) is 0 Å². The molecule has 0 fully saturated rings. The van der Waals surface area contributed by atoms with Gasteiger partial charge in [-0.25, -0.2) is 0 Å². The van der Waals surface area contributed by atoms with Gasteiger partial charge in [0.1, 0.15) is 0 Å². The summed E-state index contributed by atoms with van der Waals surface area (Å²) in [6.07, 6.45) is 1.85. The maximum atomic E-state index is 10.9. The smallest absolute Gasteiger partial charge is 0.870 e. The summed E-state index contributed by atoms with van der Waals surface area (Å²) in [5, 5.41) is 10.9. The standard InChI is InChI=1S/C20H13O3.2Li.H2O/c21-13-14-4-6-15(7-5-14)16-8-10-17(11-9-16)18-2-1-3-19(12-18)20(22)23;;;/h1-12H,(H,22,23);;;1H2/q-1;2*+1;/p-2. The molecular formula is C20H13Li2O4-. The predicted octanol–water partition coefficient (Wildman–Crippen LogP) is -3.33. The van der Waals surface area contributed by atoms with Crippen molar-refractivity contribution in [1.29, 1.82) is 0 Å². The Hall–Kier alpha value is -2.05. The quantitative estimate of drug-likeness (QED) is 0.370. The van der Waals surface area contributed by atoms with E-state index in [0.29, 0.717) is 5.56 Å². The van der Waals surface area contributed by atoms with Gasteiger partial charge in [0.25, 0.3) is 0 Å². The molecule has 0 amide bonds. The Labute approximate surface area is 175 Å². The van der Waals surface area contributed by atoms with Crippen molar-refractivity contribution in [2.45, 2.75) is 0 Å². The minimum atomic E-state index is -1.18. The van der Waals surface area contributed by atoms with Gasteiger partial charge in [-0.1, -0.05) is 42.5 Å². The number of aromatic carboxylic acids is 1. The number of benzene rings is 3. The molecule has 6 heteroatoms. The van der Waals surface area contributed by atoms with E-state index in [1.807, 2.05) is 48.8 Å². The topological polar surface area (TPSA) is 87.2 Å². The first-order valence-corrected chi connectivity index (χ1v) is 7.08. The first-order valence-electron chi connectivity index (χ1n) is 7.08. The second kappa shape index (κ2) is 10.8. The fourth-order valence-corrected chi connectivity index (χ4v) is 2.41. The summed E-state index contributed by atoms with van der Waals surface area (Å²) in [4.78, 5) is 21.5. The van der Waals surface area contributed by atoms with Crippen LogP contribution in [0.1, 0.15) is 15.9 Å². The van der Waals surface area contributed by atoms with Crippen LogP contribution >= 0.6 is 0 Å². The minimum absolute atomic E-state index is 0. The largest absolute Gasteiger partial charge is 1.00 e. The Kier molecular flexibility index (Phi) is 9.98. The maximum Gasteiger partial charge on any atom is 1.00 e. The van der Waals surface area contributed by atoms with Crippen molar-refractivity contribution < 1.29 is 57.9 Å². The van der Waals surface area contributed by atoms with Gasteiger partial charge in [0, 0.05) is 0 Å². The van der Waals surface area contributed by atoms with Gasteiger partial charge >= 0.3 is 37.7 Å². The van der Waals surface area contributed by atoms with Crippen LogP contribution in [0, 0.1) is 0 Å².